The Balaban J connectivity index is 1.79. The Labute approximate surface area is 104 Å². The highest BCUT2D eigenvalue weighted by molar-refractivity contribution is 7.99. The van der Waals surface area contributed by atoms with Crippen molar-refractivity contribution in [3.63, 3.8) is 0 Å². The molecular weight excluding hydrogens is 236 g/mol. The molecule has 0 amide bonds. The number of hydrogen-bond donors (Lipinski definition) is 0. The van der Waals surface area contributed by atoms with E-state index in [-0.39, 0.29) is 5.78 Å². The molecule has 0 aliphatic carbocycles. The molecule has 0 N–H and O–H groups in total. The van der Waals surface area contributed by atoms with Crippen LogP contribution in [0.2, 0.25) is 0 Å². The van der Waals surface area contributed by atoms with Crippen molar-refractivity contribution in [2.75, 3.05) is 5.75 Å². The van der Waals surface area contributed by atoms with Gasteiger partial charge in [-0.2, -0.15) is 0 Å². The fourth-order valence-electron chi connectivity index (χ4n) is 1.34. The maximum absolute atomic E-state index is 11.7. The maximum atomic E-state index is 11.7. The van der Waals surface area contributed by atoms with Crippen LogP contribution in [0.1, 0.15) is 16.1 Å². The number of thioether (sulfide) groups is 1. The first kappa shape index (κ1) is 11.4. The summed E-state index contributed by atoms with van der Waals surface area (Å²) in [4.78, 5) is 13.8. The largest absolute Gasteiger partial charge is 0.293 e. The van der Waals surface area contributed by atoms with Crippen molar-refractivity contribution in [1.29, 1.82) is 0 Å². The average molecular weight is 248 g/mol. The molecule has 0 radical (unpaired) electrons. The lowest BCUT2D eigenvalue weighted by Gasteiger charge is -1.99. The van der Waals surface area contributed by atoms with E-state index in [1.165, 1.54) is 16.2 Å². The van der Waals surface area contributed by atoms with Gasteiger partial charge in [0.2, 0.25) is 0 Å². The van der Waals surface area contributed by atoms with Gasteiger partial charge >= 0.3 is 0 Å². The minimum Gasteiger partial charge on any atom is -0.293 e. The first-order valence-corrected chi connectivity index (χ1v) is 6.97. The predicted octanol–water partition coefficient (Wildman–Crippen LogP) is 4.11. The molecule has 0 fully saturated rings. The van der Waals surface area contributed by atoms with Gasteiger partial charge in [0.25, 0.3) is 0 Å². The maximum Gasteiger partial charge on any atom is 0.173 e. The Kier molecular flexibility index (Phi) is 4.19. The number of rotatable bonds is 5. The zero-order valence-electron chi connectivity index (χ0n) is 8.76. The molecule has 16 heavy (non-hydrogen) atoms. The fourth-order valence-corrected chi connectivity index (χ4v) is 2.91. The molecule has 0 aliphatic rings. The molecule has 2 rings (SSSR count). The molecule has 0 saturated heterocycles. The predicted molar refractivity (Wildman–Crippen MR) is 70.4 cm³/mol. The van der Waals surface area contributed by atoms with Gasteiger partial charge in [0.15, 0.2) is 5.78 Å². The van der Waals surface area contributed by atoms with E-state index in [1.807, 2.05) is 35.7 Å². The average Bonchev–Trinajstić information content (AvgIpc) is 2.84. The minimum absolute atomic E-state index is 0.249. The summed E-state index contributed by atoms with van der Waals surface area (Å²) in [6.45, 7) is 0. The zero-order chi connectivity index (χ0) is 11.2. The van der Waals surface area contributed by atoms with E-state index in [1.54, 1.807) is 11.8 Å². The molecule has 3 heteroatoms. The van der Waals surface area contributed by atoms with Crippen molar-refractivity contribution in [1.82, 2.24) is 0 Å². The summed E-state index contributed by atoms with van der Waals surface area (Å²) in [5.41, 5.74) is 0. The van der Waals surface area contributed by atoms with E-state index in [0.717, 1.165) is 10.6 Å². The lowest BCUT2D eigenvalue weighted by molar-refractivity contribution is 0.0993. The zero-order valence-corrected chi connectivity index (χ0v) is 10.4. The molecule has 0 unspecified atom stereocenters. The Morgan fingerprint density at radius 1 is 1.12 bits per heavy atom. The van der Waals surface area contributed by atoms with Crippen molar-refractivity contribution in [2.45, 2.75) is 11.3 Å². The van der Waals surface area contributed by atoms with Crippen LogP contribution in [0.5, 0.6) is 0 Å². The van der Waals surface area contributed by atoms with E-state index in [9.17, 15) is 4.79 Å². The summed E-state index contributed by atoms with van der Waals surface area (Å²) < 4.78 is 0. The molecular formula is C13H12OS2. The highest BCUT2D eigenvalue weighted by Gasteiger charge is 2.06. The van der Waals surface area contributed by atoms with Crippen molar-refractivity contribution in [2.24, 2.45) is 0 Å². The highest BCUT2D eigenvalue weighted by Crippen LogP contribution is 2.19. The normalized spacial score (nSPS) is 10.2. The topological polar surface area (TPSA) is 17.1 Å². The second kappa shape index (κ2) is 5.87. The second-order valence-corrected chi connectivity index (χ2v) is 5.43. The number of thiophene rings is 1. The van der Waals surface area contributed by atoms with Gasteiger partial charge < -0.3 is 0 Å². The van der Waals surface area contributed by atoms with Gasteiger partial charge in [-0.15, -0.1) is 23.1 Å². The lowest BCUT2D eigenvalue weighted by Crippen LogP contribution is -1.97. The van der Waals surface area contributed by atoms with Crippen molar-refractivity contribution in [3.05, 3.63) is 52.7 Å². The number of hydrogen-bond acceptors (Lipinski definition) is 3. The summed E-state index contributed by atoms with van der Waals surface area (Å²) in [6.07, 6.45) is 0.611. The summed E-state index contributed by atoms with van der Waals surface area (Å²) >= 11 is 3.25. The van der Waals surface area contributed by atoms with Crippen LogP contribution in [0, 0.1) is 0 Å². The molecule has 0 bridgehead atoms. The fraction of sp³-hybridized carbons (Fsp3) is 0.154. The summed E-state index contributed by atoms with van der Waals surface area (Å²) in [6, 6.07) is 14.0. The smallest absolute Gasteiger partial charge is 0.173 e. The van der Waals surface area contributed by atoms with Crippen molar-refractivity contribution < 1.29 is 4.79 Å². The molecule has 0 aliphatic heterocycles. The van der Waals surface area contributed by atoms with Crippen LogP contribution < -0.4 is 0 Å². The summed E-state index contributed by atoms with van der Waals surface area (Å²) in [7, 11) is 0. The molecule has 0 spiro atoms. The van der Waals surface area contributed by atoms with Crippen molar-refractivity contribution >= 4 is 28.9 Å². The van der Waals surface area contributed by atoms with Crippen molar-refractivity contribution in [3.8, 4) is 0 Å². The molecule has 82 valence electrons. The van der Waals surface area contributed by atoms with E-state index < -0.39 is 0 Å². The van der Waals surface area contributed by atoms with Crippen LogP contribution in [-0.4, -0.2) is 11.5 Å². The van der Waals surface area contributed by atoms with Crippen LogP contribution in [0.3, 0.4) is 0 Å². The quantitative estimate of drug-likeness (QED) is 0.585. The van der Waals surface area contributed by atoms with Gasteiger partial charge in [-0.3, -0.25) is 4.79 Å². The summed E-state index contributed by atoms with van der Waals surface area (Å²) in [5.74, 6) is 1.10. The van der Waals surface area contributed by atoms with E-state index >= 15 is 0 Å². The number of carbonyl (C=O) groups excluding carboxylic acids is 1. The van der Waals surface area contributed by atoms with E-state index in [2.05, 4.69) is 12.1 Å². The van der Waals surface area contributed by atoms with Gasteiger partial charge in [-0.05, 0) is 23.6 Å². The van der Waals surface area contributed by atoms with Gasteiger partial charge in [0.05, 0.1) is 4.88 Å². The van der Waals surface area contributed by atoms with Gasteiger partial charge in [-0.1, -0.05) is 24.3 Å². The number of ketones is 1. The Bertz CT molecular complexity index is 434. The van der Waals surface area contributed by atoms with Gasteiger partial charge in [0.1, 0.15) is 0 Å². The van der Waals surface area contributed by atoms with Crippen LogP contribution in [0.4, 0.5) is 0 Å². The number of benzene rings is 1. The van der Waals surface area contributed by atoms with Gasteiger partial charge in [-0.25, -0.2) is 0 Å². The van der Waals surface area contributed by atoms with Crippen LogP contribution in [-0.2, 0) is 0 Å². The molecule has 1 nitrogen and oxygen atoms in total. The Hall–Kier alpha value is -1.06. The standard InChI is InChI=1S/C13H12OS2/c14-12(13-7-4-9-16-13)8-10-15-11-5-2-1-3-6-11/h1-7,9H,8,10H2. The van der Waals surface area contributed by atoms with E-state index in [4.69, 9.17) is 0 Å². The highest BCUT2D eigenvalue weighted by atomic mass is 32.2. The third-order valence-electron chi connectivity index (χ3n) is 2.14. The summed E-state index contributed by atoms with van der Waals surface area (Å²) in [5, 5.41) is 1.94. The van der Waals surface area contributed by atoms with Gasteiger partial charge in [0, 0.05) is 17.1 Å². The Morgan fingerprint density at radius 2 is 1.94 bits per heavy atom. The SMILES string of the molecule is O=C(CCSc1ccccc1)c1cccs1. The first-order valence-electron chi connectivity index (χ1n) is 5.11. The second-order valence-electron chi connectivity index (χ2n) is 3.31. The molecule has 1 aromatic carbocycles. The monoisotopic (exact) mass is 248 g/mol. The van der Waals surface area contributed by atoms with Crippen LogP contribution >= 0.6 is 23.1 Å². The number of Topliss-reactive ketones (excluding diaryl/α,β-unsaturated/α-hetero) is 1. The molecule has 0 saturated carbocycles. The number of carbonyl (C=O) groups is 1. The van der Waals surface area contributed by atoms with Crippen LogP contribution in [0.15, 0.2) is 52.7 Å². The van der Waals surface area contributed by atoms with E-state index in [0.29, 0.717) is 6.42 Å². The third kappa shape index (κ3) is 3.22. The van der Waals surface area contributed by atoms with Crippen LogP contribution in [0.25, 0.3) is 0 Å². The lowest BCUT2D eigenvalue weighted by atomic mass is 10.3. The molecule has 0 atom stereocenters. The Morgan fingerprint density at radius 3 is 2.62 bits per heavy atom. The molecule has 1 aromatic heterocycles. The molecule has 2 aromatic rings. The molecule has 1 heterocycles. The third-order valence-corrected chi connectivity index (χ3v) is 4.06. The minimum atomic E-state index is 0.249. The first-order chi connectivity index (χ1) is 7.86.